The van der Waals surface area contributed by atoms with Crippen LogP contribution in [0.4, 0.5) is 68.2 Å². The lowest BCUT2D eigenvalue weighted by Gasteiger charge is -2.31. The Labute approximate surface area is 707 Å². The Morgan fingerprint density at radius 2 is 0.413 bits per heavy atom. The normalized spacial score (nSPS) is 11.5. The number of para-hydroxylation sites is 8. The molecule has 0 saturated heterocycles. The van der Waals surface area contributed by atoms with Gasteiger partial charge in [-0.15, -0.1) is 11.3 Å². The molecule has 570 valence electrons. The predicted molar refractivity (Wildman–Crippen MR) is 514 cm³/mol. The molecule has 0 amide bonds. The molecule has 0 spiro atoms. The van der Waals surface area contributed by atoms with Crippen molar-refractivity contribution in [2.24, 2.45) is 0 Å². The van der Waals surface area contributed by atoms with Crippen LogP contribution in [0, 0.1) is 0 Å². The first-order valence-corrected chi connectivity index (χ1v) is 42.1. The van der Waals surface area contributed by atoms with Gasteiger partial charge in [-0.2, -0.15) is 0 Å². The van der Waals surface area contributed by atoms with E-state index in [1.165, 1.54) is 58.3 Å². The van der Waals surface area contributed by atoms with Crippen molar-refractivity contribution in [2.45, 2.75) is 0 Å². The quantitative estimate of drug-likeness (QED) is 0.0805. The first-order valence-electron chi connectivity index (χ1n) is 41.3. The van der Waals surface area contributed by atoms with Crippen LogP contribution in [-0.4, -0.2) is 9.13 Å². The number of anilines is 12. The Balaban J connectivity index is 0.662. The SMILES string of the molecule is c1ccc(-c2ccc(N(c3ccccc3)c3cc(-c4ccc5c6ccccc6n(-c6ccccc6)c5c4)cc(N(c4cccc(-c5ccc(-c6ccc(N(c7ccccc7)c7cc(-c8ccc9c%10ccccc%10n(-c%10ccccc%10)c9c8)cc(N(c8ccccc8)c8ccccc8)c7)cc6)cc5)c4)c4ccc5sc6ccccc6c5c4)c3)cc2)cc1. The Hall–Kier alpha value is -15.8. The lowest BCUT2D eigenvalue weighted by Crippen LogP contribution is -2.13. The van der Waals surface area contributed by atoms with Crippen LogP contribution >= 0.6 is 11.3 Å². The molecule has 0 radical (unpaired) electrons. The van der Waals surface area contributed by atoms with Crippen molar-refractivity contribution in [2.75, 3.05) is 19.6 Å². The number of thiophene rings is 1. The van der Waals surface area contributed by atoms with Crippen LogP contribution in [0.5, 0.6) is 0 Å². The Bertz CT molecular complexity index is 7500. The van der Waals surface area contributed by atoms with Crippen molar-refractivity contribution in [3.63, 3.8) is 0 Å². The molecule has 22 rings (SSSR count). The van der Waals surface area contributed by atoms with Gasteiger partial charge in [-0.1, -0.05) is 279 Å². The van der Waals surface area contributed by atoms with Crippen LogP contribution in [0.15, 0.2) is 473 Å². The average Bonchev–Trinajstić information content (AvgIpc) is 1.61. The number of fused-ring (bicyclic) bond motifs is 9. The summed E-state index contributed by atoms with van der Waals surface area (Å²) in [5, 5.41) is 7.32. The predicted octanol–water partition coefficient (Wildman–Crippen LogP) is 32.5. The van der Waals surface area contributed by atoms with Crippen molar-refractivity contribution < 1.29 is 0 Å². The van der Waals surface area contributed by atoms with Crippen LogP contribution in [0.3, 0.4) is 0 Å². The van der Waals surface area contributed by atoms with E-state index in [1.807, 2.05) is 11.3 Å². The van der Waals surface area contributed by atoms with E-state index in [1.54, 1.807) is 0 Å². The largest absolute Gasteiger partial charge is 0.310 e. The maximum atomic E-state index is 2.48. The lowest BCUT2D eigenvalue weighted by atomic mass is 9.98. The van der Waals surface area contributed by atoms with Crippen LogP contribution < -0.4 is 19.6 Å². The second-order valence-corrected chi connectivity index (χ2v) is 31.9. The standard InChI is InChI=1S/C114H78N6S/c1-8-29-79(30-9-1)81-55-61-95(62-56-81)117(92-38-16-5-17-39-92)101-72-88(86-60-67-106-104-46-23-26-49-110(104)120(112(106)75-86)94-42-20-7-21-43-94)73-102(77-101)118(98-65-68-114-108(78-98)107-47-24-27-50-113(107)121-114)97-44-28-31-84(69-97)83-53-51-80(52-54-83)82-57-63-96(64-58-82)116(91-36-14-4-15-37-91)100-71-87(70-99(76-100)115(89-32-10-2-11-33-89)90-34-12-3-13-35-90)85-59-66-105-103-45-22-25-48-109(103)119(111(105)74-85)93-40-18-6-19-41-93/h1-78H. The fraction of sp³-hybridized carbons (Fsp3) is 0. The van der Waals surface area contributed by atoms with Crippen molar-refractivity contribution in [1.29, 1.82) is 0 Å². The minimum atomic E-state index is 1.01. The monoisotopic (exact) mass is 1560 g/mol. The van der Waals surface area contributed by atoms with Crippen molar-refractivity contribution in [3.8, 4) is 67.0 Å². The summed E-state index contributed by atoms with van der Waals surface area (Å²) in [6.07, 6.45) is 0. The zero-order valence-electron chi connectivity index (χ0n) is 66.1. The highest BCUT2D eigenvalue weighted by Crippen LogP contribution is 2.50. The highest BCUT2D eigenvalue weighted by Gasteiger charge is 2.26. The molecule has 0 aliphatic rings. The summed E-state index contributed by atoms with van der Waals surface area (Å²) in [5.74, 6) is 0. The first-order chi connectivity index (χ1) is 60.0. The number of hydrogen-bond acceptors (Lipinski definition) is 5. The zero-order valence-corrected chi connectivity index (χ0v) is 66.9. The lowest BCUT2D eigenvalue weighted by molar-refractivity contribution is 1.18. The summed E-state index contributed by atoms with van der Waals surface area (Å²) in [6, 6.07) is 173. The smallest absolute Gasteiger partial charge is 0.0547 e. The van der Waals surface area contributed by atoms with Crippen LogP contribution in [0.25, 0.3) is 131 Å². The third-order valence-electron chi connectivity index (χ3n) is 23.6. The highest BCUT2D eigenvalue weighted by molar-refractivity contribution is 7.25. The van der Waals surface area contributed by atoms with E-state index < -0.39 is 0 Å². The van der Waals surface area contributed by atoms with E-state index in [0.717, 1.165) is 141 Å². The third-order valence-corrected chi connectivity index (χ3v) is 24.7. The van der Waals surface area contributed by atoms with Crippen molar-refractivity contribution in [3.05, 3.63) is 473 Å². The molecule has 3 heterocycles. The van der Waals surface area contributed by atoms with Gasteiger partial charge in [-0.25, -0.2) is 0 Å². The summed E-state index contributed by atoms with van der Waals surface area (Å²) >= 11 is 1.84. The topological polar surface area (TPSA) is 22.8 Å². The molecule has 0 aliphatic heterocycles. The number of nitrogens with zero attached hydrogens (tertiary/aromatic N) is 6. The summed E-state index contributed by atoms with van der Waals surface area (Å²) in [6.45, 7) is 0. The van der Waals surface area contributed by atoms with E-state index in [-0.39, 0.29) is 0 Å². The molecule has 22 aromatic rings. The van der Waals surface area contributed by atoms with E-state index in [9.17, 15) is 0 Å². The van der Waals surface area contributed by atoms with Gasteiger partial charge in [-0.3, -0.25) is 0 Å². The van der Waals surface area contributed by atoms with Gasteiger partial charge in [0.2, 0.25) is 0 Å². The number of aromatic nitrogens is 2. The van der Waals surface area contributed by atoms with Crippen LogP contribution in [0.1, 0.15) is 0 Å². The number of hydrogen-bond donors (Lipinski definition) is 0. The Morgan fingerprint density at radius 3 is 0.851 bits per heavy atom. The molecule has 3 aromatic heterocycles. The molecule has 0 aliphatic carbocycles. The molecule has 6 nitrogen and oxygen atoms in total. The average molecular weight is 1560 g/mol. The second-order valence-electron chi connectivity index (χ2n) is 30.9. The fourth-order valence-electron chi connectivity index (χ4n) is 17.9. The van der Waals surface area contributed by atoms with E-state index in [0.29, 0.717) is 0 Å². The zero-order chi connectivity index (χ0) is 80.1. The fourth-order valence-corrected chi connectivity index (χ4v) is 19.0. The summed E-state index contributed by atoms with van der Waals surface area (Å²) in [4.78, 5) is 9.66. The van der Waals surface area contributed by atoms with Crippen molar-refractivity contribution in [1.82, 2.24) is 9.13 Å². The van der Waals surface area contributed by atoms with Gasteiger partial charge in [0.05, 0.1) is 22.1 Å². The molecule has 0 unspecified atom stereocenters. The van der Waals surface area contributed by atoms with E-state index in [2.05, 4.69) is 502 Å². The molecule has 19 aromatic carbocycles. The van der Waals surface area contributed by atoms with E-state index >= 15 is 0 Å². The molecular formula is C114H78N6S. The van der Waals surface area contributed by atoms with Gasteiger partial charge in [0, 0.05) is 121 Å². The molecular weight excluding hydrogens is 1490 g/mol. The highest BCUT2D eigenvalue weighted by atomic mass is 32.1. The van der Waals surface area contributed by atoms with Gasteiger partial charge in [-0.05, 0) is 250 Å². The maximum Gasteiger partial charge on any atom is 0.0547 e. The molecule has 0 fully saturated rings. The minimum absolute atomic E-state index is 1.01. The number of rotatable bonds is 19. The molecule has 121 heavy (non-hydrogen) atoms. The van der Waals surface area contributed by atoms with Gasteiger partial charge in [0.25, 0.3) is 0 Å². The molecule has 0 N–H and O–H groups in total. The van der Waals surface area contributed by atoms with Crippen molar-refractivity contribution >= 4 is 143 Å². The summed E-state index contributed by atoms with van der Waals surface area (Å²) < 4.78 is 7.34. The Morgan fingerprint density at radius 1 is 0.140 bits per heavy atom. The van der Waals surface area contributed by atoms with Gasteiger partial charge >= 0.3 is 0 Å². The molecule has 0 atom stereocenters. The molecule has 0 saturated carbocycles. The van der Waals surface area contributed by atoms with Crippen LogP contribution in [0.2, 0.25) is 0 Å². The van der Waals surface area contributed by atoms with E-state index in [4.69, 9.17) is 0 Å². The maximum absolute atomic E-state index is 2.48. The number of benzene rings is 19. The minimum Gasteiger partial charge on any atom is -0.310 e. The Kier molecular flexibility index (Phi) is 18.4. The second kappa shape index (κ2) is 31.0. The van der Waals surface area contributed by atoms with Gasteiger partial charge in [0.15, 0.2) is 0 Å². The molecule has 7 heteroatoms. The molecule has 0 bridgehead atoms. The summed E-state index contributed by atoms with van der Waals surface area (Å²) in [7, 11) is 0. The third kappa shape index (κ3) is 13.5. The van der Waals surface area contributed by atoms with Crippen LogP contribution in [-0.2, 0) is 0 Å². The van der Waals surface area contributed by atoms with Gasteiger partial charge < -0.3 is 28.7 Å². The first kappa shape index (κ1) is 71.7. The summed E-state index contributed by atoms with van der Waals surface area (Å²) in [5.41, 5.74) is 30.5. The van der Waals surface area contributed by atoms with Gasteiger partial charge in [0.1, 0.15) is 0 Å².